The minimum Gasteiger partial charge on any atom is -0.463 e. The summed E-state index contributed by atoms with van der Waals surface area (Å²) in [6, 6.07) is 16.2. The molecule has 0 radical (unpaired) electrons. The molecular weight excluding hydrogens is 757 g/mol. The molecule has 5 rings (SSSR count). The van der Waals surface area contributed by atoms with Gasteiger partial charge in [-0.2, -0.15) is 0 Å². The molecule has 1 saturated heterocycles. The van der Waals surface area contributed by atoms with Crippen LogP contribution < -0.4 is 11.2 Å². The normalized spacial score (nSPS) is 20.9. The van der Waals surface area contributed by atoms with Crippen LogP contribution in [-0.2, 0) is 29.7 Å². The second-order valence-electron chi connectivity index (χ2n) is 20.2. The highest BCUT2D eigenvalue weighted by molar-refractivity contribution is 6.74. The zero-order valence-electron chi connectivity index (χ0n) is 36.2. The molecule has 2 N–H and O–H groups in total. The molecule has 10 nitrogen and oxygen atoms in total. The molecule has 1 aliphatic heterocycles. The summed E-state index contributed by atoms with van der Waals surface area (Å²) in [6.45, 7) is 30.0. The average molecular weight is 823 g/mol. The first-order valence-electron chi connectivity index (χ1n) is 20.0. The summed E-state index contributed by atoms with van der Waals surface area (Å²) in [5.74, 6) is -1.09. The standard InChI is InChI=1S/C43H66N2O8Si3/c1-41(2,3)55(11,12)51-27-35-38(53-56(13,14)42(4,5)6)32(23-43(7,8)54(9,10)49)37(52-35)33-24-45(40(48)44-39(33)47)25-36(46)50-26-34-30-21-17-15-19-28(30)29-20-16-18-22-31(29)34/h15-22,24,32,34-35,37-38,49H,23,25-27H2,1-14H3,(H,44,47,48)/t32-,35-,37-,38?/m1/s1. The fourth-order valence-electron chi connectivity index (χ4n) is 7.15. The van der Waals surface area contributed by atoms with Gasteiger partial charge in [-0.1, -0.05) is 104 Å². The molecule has 0 bridgehead atoms. The van der Waals surface area contributed by atoms with Gasteiger partial charge < -0.3 is 23.1 Å². The van der Waals surface area contributed by atoms with E-state index in [0.29, 0.717) is 6.42 Å². The maximum atomic E-state index is 13.9. The van der Waals surface area contributed by atoms with Crippen LogP contribution in [0.4, 0.5) is 0 Å². The fourth-order valence-corrected chi connectivity index (χ4v) is 10.3. The number of H-pyrrole nitrogens is 1. The Kier molecular flexibility index (Phi) is 12.4. The monoisotopic (exact) mass is 822 g/mol. The lowest BCUT2D eigenvalue weighted by Gasteiger charge is -2.44. The van der Waals surface area contributed by atoms with Crippen molar-refractivity contribution in [1.82, 2.24) is 9.55 Å². The molecule has 0 spiro atoms. The molecule has 13 heteroatoms. The Morgan fingerprint density at radius 3 is 1.86 bits per heavy atom. The Labute approximate surface area is 336 Å². The number of ether oxygens (including phenoxy) is 2. The molecule has 1 fully saturated rings. The van der Waals surface area contributed by atoms with Gasteiger partial charge in [-0.15, -0.1) is 0 Å². The minimum absolute atomic E-state index is 0.0412. The minimum atomic E-state index is -2.75. The summed E-state index contributed by atoms with van der Waals surface area (Å²) in [7, 11) is -7.39. The second kappa shape index (κ2) is 15.7. The van der Waals surface area contributed by atoms with Gasteiger partial charge in [0, 0.05) is 18.0 Å². The van der Waals surface area contributed by atoms with Crippen molar-refractivity contribution in [1.29, 1.82) is 0 Å². The van der Waals surface area contributed by atoms with Crippen molar-refractivity contribution < 1.29 is 27.9 Å². The topological polar surface area (TPSA) is 129 Å². The third-order valence-corrected chi connectivity index (χ3v) is 26.1. The van der Waals surface area contributed by atoms with Gasteiger partial charge in [0.05, 0.1) is 24.4 Å². The number of nitrogens with one attached hydrogen (secondary N) is 1. The van der Waals surface area contributed by atoms with Gasteiger partial charge in [0.2, 0.25) is 0 Å². The predicted octanol–water partition coefficient (Wildman–Crippen LogP) is 8.73. The third kappa shape index (κ3) is 9.03. The van der Waals surface area contributed by atoms with Crippen LogP contribution in [0.15, 0.2) is 64.3 Å². The number of benzene rings is 2. The van der Waals surface area contributed by atoms with E-state index in [4.69, 9.17) is 18.3 Å². The number of esters is 1. The summed E-state index contributed by atoms with van der Waals surface area (Å²) in [4.78, 5) is 54.6. The quantitative estimate of drug-likeness (QED) is 0.129. The van der Waals surface area contributed by atoms with Crippen LogP contribution in [0.5, 0.6) is 0 Å². The maximum Gasteiger partial charge on any atom is 0.328 e. The molecule has 2 heterocycles. The van der Waals surface area contributed by atoms with E-state index < -0.39 is 65.5 Å². The zero-order chi connectivity index (χ0) is 41.8. The Morgan fingerprint density at radius 2 is 1.34 bits per heavy atom. The summed E-state index contributed by atoms with van der Waals surface area (Å²) in [5.41, 5.74) is 3.36. The van der Waals surface area contributed by atoms with Gasteiger partial charge in [-0.05, 0) is 83.1 Å². The van der Waals surface area contributed by atoms with Gasteiger partial charge in [0.15, 0.2) is 25.0 Å². The fraction of sp³-hybridized carbons (Fsp3) is 0.605. The number of rotatable bonds is 13. The lowest BCUT2D eigenvalue weighted by molar-refractivity contribution is -0.144. The van der Waals surface area contributed by atoms with Gasteiger partial charge in [0.25, 0.3) is 5.56 Å². The number of carbonyl (C=O) groups excluding carboxylic acids is 1. The van der Waals surface area contributed by atoms with Crippen molar-refractivity contribution in [2.75, 3.05) is 13.2 Å². The molecule has 3 aromatic rings. The Bertz CT molecular complexity index is 1970. The number of hydrogen-bond acceptors (Lipinski definition) is 8. The number of fused-ring (bicyclic) bond motifs is 3. The van der Waals surface area contributed by atoms with E-state index in [0.717, 1.165) is 22.3 Å². The van der Waals surface area contributed by atoms with Crippen LogP contribution in [0.1, 0.15) is 90.5 Å². The molecule has 56 heavy (non-hydrogen) atoms. The van der Waals surface area contributed by atoms with E-state index in [1.165, 1.54) is 10.8 Å². The van der Waals surface area contributed by atoms with E-state index in [1.54, 1.807) is 0 Å². The first kappa shape index (κ1) is 44.2. The SMILES string of the molecule is CC(C)(C[C@H]1C(O[Si](C)(C)C(C)(C)C)[C@@H](CO[Si](C)(C)C(C)(C)C)O[C@H]1c1cn(CC(=O)OCC2c3ccccc3-c3ccccc32)c(=O)[nH]c1=O)[Si](C)(C)O. The average Bonchev–Trinajstić information content (AvgIpc) is 3.56. The van der Waals surface area contributed by atoms with Crippen molar-refractivity contribution >= 4 is 30.9 Å². The van der Waals surface area contributed by atoms with Crippen LogP contribution in [0.3, 0.4) is 0 Å². The van der Waals surface area contributed by atoms with Gasteiger partial charge in [-0.25, -0.2) is 4.79 Å². The van der Waals surface area contributed by atoms with Crippen LogP contribution in [-0.4, -0.2) is 70.7 Å². The molecular formula is C43H66N2O8Si3. The highest BCUT2D eigenvalue weighted by atomic mass is 28.4. The molecule has 0 amide bonds. The van der Waals surface area contributed by atoms with Crippen molar-refractivity contribution in [3.05, 3.63) is 92.3 Å². The highest BCUT2D eigenvalue weighted by Crippen LogP contribution is 2.52. The smallest absolute Gasteiger partial charge is 0.328 e. The van der Waals surface area contributed by atoms with Crippen molar-refractivity contribution in [2.24, 2.45) is 5.92 Å². The van der Waals surface area contributed by atoms with Gasteiger partial charge >= 0.3 is 11.7 Å². The van der Waals surface area contributed by atoms with Crippen LogP contribution in [0, 0.1) is 5.92 Å². The maximum absolute atomic E-state index is 13.9. The van der Waals surface area contributed by atoms with Crippen LogP contribution in [0.25, 0.3) is 11.1 Å². The van der Waals surface area contributed by atoms with E-state index in [2.05, 4.69) is 111 Å². The number of aromatic amines is 1. The van der Waals surface area contributed by atoms with Crippen LogP contribution in [0.2, 0.25) is 54.4 Å². The van der Waals surface area contributed by atoms with Crippen molar-refractivity contribution in [2.45, 2.75) is 147 Å². The number of nitrogens with zero attached hydrogens (tertiary/aromatic N) is 1. The lowest BCUT2D eigenvalue weighted by atomic mass is 9.85. The molecule has 0 saturated carbocycles. The highest BCUT2D eigenvalue weighted by Gasteiger charge is 2.54. The Morgan fingerprint density at radius 1 is 0.804 bits per heavy atom. The summed E-state index contributed by atoms with van der Waals surface area (Å²) >= 11 is 0. The van der Waals surface area contributed by atoms with Crippen molar-refractivity contribution in [3.63, 3.8) is 0 Å². The molecule has 1 aliphatic carbocycles. The predicted molar refractivity (Wildman–Crippen MR) is 231 cm³/mol. The van der Waals surface area contributed by atoms with Gasteiger partial charge in [-0.3, -0.25) is 19.1 Å². The zero-order valence-corrected chi connectivity index (χ0v) is 39.2. The third-order valence-electron chi connectivity index (χ3n) is 13.6. The van der Waals surface area contributed by atoms with E-state index in [1.807, 2.05) is 37.4 Å². The molecule has 1 aromatic heterocycles. The Hall–Kier alpha value is -2.92. The lowest BCUT2D eigenvalue weighted by Crippen LogP contribution is -2.51. The number of aromatic nitrogens is 2. The van der Waals surface area contributed by atoms with Crippen molar-refractivity contribution in [3.8, 4) is 11.1 Å². The number of carbonyl (C=O) groups is 1. The molecule has 4 atom stereocenters. The summed E-state index contributed by atoms with van der Waals surface area (Å²) in [6.07, 6.45) is 0.188. The molecule has 1 unspecified atom stereocenters. The van der Waals surface area contributed by atoms with E-state index >= 15 is 0 Å². The molecule has 2 aromatic carbocycles. The first-order chi connectivity index (χ1) is 25.6. The largest absolute Gasteiger partial charge is 0.463 e. The molecule has 2 aliphatic rings. The van der Waals surface area contributed by atoms with E-state index in [9.17, 15) is 19.2 Å². The number of hydrogen-bond donors (Lipinski definition) is 2. The first-order valence-corrected chi connectivity index (χ1v) is 28.8. The summed E-state index contributed by atoms with van der Waals surface area (Å²) in [5, 5.41) is -0.652. The van der Waals surface area contributed by atoms with Crippen LogP contribution >= 0.6 is 0 Å². The molecule has 308 valence electrons. The second-order valence-corrected chi connectivity index (χ2v) is 34.2. The van der Waals surface area contributed by atoms with Gasteiger partial charge in [0.1, 0.15) is 19.3 Å². The summed E-state index contributed by atoms with van der Waals surface area (Å²) < 4.78 is 28.0. The van der Waals surface area contributed by atoms with E-state index in [-0.39, 0.29) is 47.2 Å². The Balaban J connectivity index is 1.49.